The summed E-state index contributed by atoms with van der Waals surface area (Å²) in [5.41, 5.74) is 5.67. The van der Waals surface area contributed by atoms with Crippen molar-refractivity contribution in [2.24, 2.45) is 0 Å². The molecule has 3 N–H and O–H groups in total. The first-order chi connectivity index (χ1) is 15.1. The van der Waals surface area contributed by atoms with Crippen LogP contribution in [0.2, 0.25) is 0 Å². The van der Waals surface area contributed by atoms with E-state index in [2.05, 4.69) is 31.2 Å². The zero-order valence-corrected chi connectivity index (χ0v) is 18.0. The average Bonchev–Trinajstić information content (AvgIpc) is 3.19. The summed E-state index contributed by atoms with van der Waals surface area (Å²) in [5, 5.41) is 10.00. The third-order valence-electron chi connectivity index (χ3n) is 4.48. The molecule has 166 valence electrons. The first kappa shape index (κ1) is 23.3. The van der Waals surface area contributed by atoms with Gasteiger partial charge in [-0.1, -0.05) is 40.2 Å². The molecule has 1 aliphatic heterocycles. The lowest BCUT2D eigenvalue weighted by molar-refractivity contribution is -0.192. The van der Waals surface area contributed by atoms with Crippen LogP contribution in [-0.2, 0) is 11.2 Å². The number of halogens is 4. The number of carboxylic acids is 1. The predicted molar refractivity (Wildman–Crippen MR) is 117 cm³/mol. The number of hydrogen-bond donors (Lipinski definition) is 3. The Balaban J connectivity index is 0.000000360. The third-order valence-corrected chi connectivity index (χ3v) is 5.20. The molecule has 1 aliphatic rings. The Morgan fingerprint density at radius 2 is 1.88 bits per heavy atom. The Morgan fingerprint density at radius 3 is 2.53 bits per heavy atom. The summed E-state index contributed by atoms with van der Waals surface area (Å²) in [5.74, 6) is -2.76. The number of carboxylic acid groups (broad SMARTS) is 1. The number of aromatic amines is 1. The molecule has 0 spiro atoms. The molecule has 1 aromatic carbocycles. The lowest BCUT2D eigenvalue weighted by atomic mass is 10.1. The fourth-order valence-electron chi connectivity index (χ4n) is 2.94. The molecule has 1 amide bonds. The minimum absolute atomic E-state index is 0.00754. The molecule has 0 atom stereocenters. The van der Waals surface area contributed by atoms with Gasteiger partial charge in [0.1, 0.15) is 0 Å². The van der Waals surface area contributed by atoms with Gasteiger partial charge in [0.05, 0.1) is 11.3 Å². The maximum atomic E-state index is 11.9. The van der Waals surface area contributed by atoms with E-state index in [1.165, 1.54) is 0 Å². The molecule has 3 aromatic rings. The zero-order chi connectivity index (χ0) is 23.3. The second kappa shape index (κ2) is 9.82. The largest absolute Gasteiger partial charge is 0.490 e. The summed E-state index contributed by atoms with van der Waals surface area (Å²) in [6, 6.07) is 13.9. The normalized spacial score (nSPS) is 13.2. The van der Waals surface area contributed by atoms with Crippen LogP contribution in [-0.4, -0.2) is 39.7 Å². The van der Waals surface area contributed by atoms with E-state index in [0.717, 1.165) is 44.7 Å². The average molecular weight is 508 g/mol. The molecular formula is C22H17BrF3N3O3. The monoisotopic (exact) mass is 507 g/mol. The molecule has 6 nitrogen and oxygen atoms in total. The number of rotatable bonds is 3. The van der Waals surface area contributed by atoms with Gasteiger partial charge in [0.25, 0.3) is 5.91 Å². The molecule has 2 aromatic heterocycles. The van der Waals surface area contributed by atoms with E-state index in [4.69, 9.17) is 9.90 Å². The minimum Gasteiger partial charge on any atom is -0.475 e. The smallest absolute Gasteiger partial charge is 0.475 e. The van der Waals surface area contributed by atoms with Crippen molar-refractivity contribution in [3.05, 3.63) is 75.6 Å². The maximum absolute atomic E-state index is 11.9. The molecule has 0 aliphatic carbocycles. The first-order valence-electron chi connectivity index (χ1n) is 9.34. The van der Waals surface area contributed by atoms with E-state index >= 15 is 0 Å². The predicted octanol–water partition coefficient (Wildman–Crippen LogP) is 4.93. The topological polar surface area (TPSA) is 95.1 Å². The molecule has 32 heavy (non-hydrogen) atoms. The van der Waals surface area contributed by atoms with Gasteiger partial charge < -0.3 is 15.4 Å². The zero-order valence-electron chi connectivity index (χ0n) is 16.4. The molecule has 4 rings (SSSR count). The van der Waals surface area contributed by atoms with Crippen molar-refractivity contribution in [2.45, 2.75) is 12.6 Å². The van der Waals surface area contributed by atoms with Gasteiger partial charge >= 0.3 is 12.1 Å². The lowest BCUT2D eigenvalue weighted by Crippen LogP contribution is -2.31. The number of hydrogen-bond acceptors (Lipinski definition) is 3. The fourth-order valence-corrected chi connectivity index (χ4v) is 3.36. The van der Waals surface area contributed by atoms with Crippen molar-refractivity contribution >= 4 is 40.0 Å². The molecule has 0 saturated carbocycles. The summed E-state index contributed by atoms with van der Waals surface area (Å²) < 4.78 is 32.8. The maximum Gasteiger partial charge on any atom is 0.490 e. The van der Waals surface area contributed by atoms with Crippen LogP contribution in [0.15, 0.2) is 53.1 Å². The Hall–Kier alpha value is -3.40. The number of nitrogens with one attached hydrogen (secondary N) is 2. The highest BCUT2D eigenvalue weighted by atomic mass is 79.9. The number of aromatic nitrogens is 2. The number of benzene rings is 1. The highest BCUT2D eigenvalue weighted by molar-refractivity contribution is 9.10. The molecule has 10 heteroatoms. The number of alkyl halides is 3. The molecule has 0 unspecified atom stereocenters. The van der Waals surface area contributed by atoms with E-state index in [0.29, 0.717) is 6.54 Å². The standard InChI is InChI=1S/C20H16BrN3O.C2HF3O2/c21-17-4-2-1-3-13(17)5-6-15-11-14(7-9-22-15)19-12-16-18(24-19)8-10-23-20(16)25;3-2(4,5)1(6)7/h1-7,9,11-12,24H,8,10H2,(H,23,25);(H,6,7)/b6-5+;. The van der Waals surface area contributed by atoms with Crippen molar-refractivity contribution < 1.29 is 27.9 Å². The summed E-state index contributed by atoms with van der Waals surface area (Å²) >= 11 is 3.54. The number of H-pyrrole nitrogens is 1. The van der Waals surface area contributed by atoms with E-state index in [-0.39, 0.29) is 5.91 Å². The van der Waals surface area contributed by atoms with Gasteiger partial charge in [0, 0.05) is 40.6 Å². The molecular weight excluding hydrogens is 491 g/mol. The number of amides is 1. The highest BCUT2D eigenvalue weighted by Gasteiger charge is 2.38. The third kappa shape index (κ3) is 5.85. The SMILES string of the molecule is O=C(O)C(F)(F)F.O=C1NCCc2[nH]c(-c3ccnc(/C=C/c4ccccc4Br)c3)cc21. The molecule has 0 radical (unpaired) electrons. The van der Waals surface area contributed by atoms with Crippen LogP contribution in [0.3, 0.4) is 0 Å². The van der Waals surface area contributed by atoms with Crippen LogP contribution >= 0.6 is 15.9 Å². The summed E-state index contributed by atoms with van der Waals surface area (Å²) in [6.45, 7) is 0.683. The van der Waals surface area contributed by atoms with E-state index in [1.54, 1.807) is 6.20 Å². The fraction of sp³-hybridized carbons (Fsp3) is 0.136. The molecule has 0 fully saturated rings. The van der Waals surface area contributed by atoms with Crippen molar-refractivity contribution in [1.82, 2.24) is 15.3 Å². The Kier molecular flexibility index (Phi) is 7.14. The number of pyridine rings is 1. The second-order valence-corrected chi connectivity index (χ2v) is 7.56. The number of fused-ring (bicyclic) bond motifs is 1. The van der Waals surface area contributed by atoms with Crippen LogP contribution in [0.5, 0.6) is 0 Å². The Labute approximate surface area is 189 Å². The molecule has 3 heterocycles. The molecule has 0 bridgehead atoms. The van der Waals surface area contributed by atoms with Crippen LogP contribution < -0.4 is 5.32 Å². The van der Waals surface area contributed by atoms with Crippen LogP contribution in [0.4, 0.5) is 13.2 Å². The van der Waals surface area contributed by atoms with Crippen LogP contribution in [0.25, 0.3) is 23.4 Å². The van der Waals surface area contributed by atoms with Gasteiger partial charge in [-0.05, 0) is 35.9 Å². The quantitative estimate of drug-likeness (QED) is 0.468. The first-order valence-corrected chi connectivity index (χ1v) is 10.1. The summed E-state index contributed by atoms with van der Waals surface area (Å²) in [4.78, 5) is 28.6. The lowest BCUT2D eigenvalue weighted by Gasteiger charge is -2.10. The van der Waals surface area contributed by atoms with E-state index in [1.807, 2.05) is 54.6 Å². The van der Waals surface area contributed by atoms with E-state index < -0.39 is 12.1 Å². The van der Waals surface area contributed by atoms with Crippen molar-refractivity contribution in [3.8, 4) is 11.3 Å². The minimum atomic E-state index is -5.08. The Morgan fingerprint density at radius 1 is 1.16 bits per heavy atom. The van der Waals surface area contributed by atoms with Crippen molar-refractivity contribution in [1.29, 1.82) is 0 Å². The van der Waals surface area contributed by atoms with E-state index in [9.17, 15) is 18.0 Å². The van der Waals surface area contributed by atoms with Crippen LogP contribution in [0.1, 0.15) is 27.3 Å². The van der Waals surface area contributed by atoms with Gasteiger partial charge in [-0.15, -0.1) is 0 Å². The van der Waals surface area contributed by atoms with Gasteiger partial charge in [-0.2, -0.15) is 13.2 Å². The van der Waals surface area contributed by atoms with Gasteiger partial charge in [0.15, 0.2) is 0 Å². The van der Waals surface area contributed by atoms with Gasteiger partial charge in [-0.3, -0.25) is 9.78 Å². The van der Waals surface area contributed by atoms with Gasteiger partial charge in [0.2, 0.25) is 0 Å². The van der Waals surface area contributed by atoms with Crippen molar-refractivity contribution in [3.63, 3.8) is 0 Å². The molecule has 0 saturated heterocycles. The number of nitrogens with zero attached hydrogens (tertiary/aromatic N) is 1. The van der Waals surface area contributed by atoms with Crippen LogP contribution in [0, 0.1) is 0 Å². The number of carbonyl (C=O) groups excluding carboxylic acids is 1. The highest BCUT2D eigenvalue weighted by Crippen LogP contribution is 2.25. The summed E-state index contributed by atoms with van der Waals surface area (Å²) in [7, 11) is 0. The van der Waals surface area contributed by atoms with Crippen molar-refractivity contribution in [2.75, 3.05) is 6.54 Å². The summed E-state index contributed by atoms with van der Waals surface area (Å²) in [6.07, 6.45) is 1.55. The second-order valence-electron chi connectivity index (χ2n) is 6.71. The number of aliphatic carboxylic acids is 1. The van der Waals surface area contributed by atoms with Gasteiger partial charge in [-0.25, -0.2) is 4.79 Å². The Bertz CT molecular complexity index is 1170. The number of carbonyl (C=O) groups is 2.